The molecule has 0 aromatic rings. The van der Waals surface area contributed by atoms with Crippen LogP contribution in [0.25, 0.3) is 0 Å². The first-order chi connectivity index (χ1) is 9.68. The molecule has 0 fully saturated rings. The highest BCUT2D eigenvalue weighted by Crippen LogP contribution is 2.19. The number of ether oxygens (including phenoxy) is 1. The van der Waals surface area contributed by atoms with E-state index in [0.717, 1.165) is 0 Å². The number of esters is 1. The molecule has 21 heavy (non-hydrogen) atoms. The first-order valence-electron chi connectivity index (χ1n) is 6.72. The lowest BCUT2D eigenvalue weighted by molar-refractivity contribution is -0.171. The van der Waals surface area contributed by atoms with Gasteiger partial charge in [0.1, 0.15) is 6.04 Å². The molecule has 0 saturated carbocycles. The van der Waals surface area contributed by atoms with E-state index in [1.54, 1.807) is 6.92 Å². The molecule has 0 aliphatic heterocycles. The van der Waals surface area contributed by atoms with Crippen LogP contribution in [0.3, 0.4) is 0 Å². The van der Waals surface area contributed by atoms with Gasteiger partial charge >= 0.3 is 12.1 Å². The topological polar surface area (TPSA) is 72.5 Å². The normalized spacial score (nSPS) is 12.6. The number of alkyl halides is 3. The maximum atomic E-state index is 12.0. The van der Waals surface area contributed by atoms with Crippen molar-refractivity contribution in [3.8, 4) is 0 Å². The number of nitrogens with one attached hydrogen (secondary N) is 1. The van der Waals surface area contributed by atoms with E-state index in [1.807, 2.05) is 0 Å². The third-order valence-electron chi connectivity index (χ3n) is 2.66. The van der Waals surface area contributed by atoms with Gasteiger partial charge in [0.05, 0.1) is 6.61 Å². The van der Waals surface area contributed by atoms with Gasteiger partial charge in [0.2, 0.25) is 11.7 Å². The van der Waals surface area contributed by atoms with Crippen LogP contribution in [0.2, 0.25) is 0 Å². The summed E-state index contributed by atoms with van der Waals surface area (Å²) >= 11 is 0. The number of carbonyl (C=O) groups is 3. The molecule has 0 aliphatic carbocycles. The van der Waals surface area contributed by atoms with Crippen molar-refractivity contribution in [3.05, 3.63) is 0 Å². The number of hydrogen-bond acceptors (Lipinski definition) is 4. The van der Waals surface area contributed by atoms with Crippen molar-refractivity contribution in [3.63, 3.8) is 0 Å². The second-order valence-corrected chi connectivity index (χ2v) is 4.53. The molecule has 0 aromatic heterocycles. The smallest absolute Gasteiger partial charge is 0.449 e. The number of rotatable bonds is 9. The molecule has 1 atom stereocenters. The first-order valence-corrected chi connectivity index (χ1v) is 6.72. The molecule has 1 unspecified atom stereocenters. The molecular weight excluding hydrogens is 291 g/mol. The summed E-state index contributed by atoms with van der Waals surface area (Å²) in [4.78, 5) is 33.1. The molecule has 5 nitrogen and oxygen atoms in total. The fraction of sp³-hybridized carbons (Fsp3) is 0.769. The third-order valence-corrected chi connectivity index (χ3v) is 2.66. The summed E-state index contributed by atoms with van der Waals surface area (Å²) in [6.45, 7) is 3.06. The molecule has 0 saturated heterocycles. The summed E-state index contributed by atoms with van der Waals surface area (Å²) < 4.78 is 40.7. The quantitative estimate of drug-likeness (QED) is 0.523. The Morgan fingerprint density at radius 3 is 2.24 bits per heavy atom. The van der Waals surface area contributed by atoms with Gasteiger partial charge < -0.3 is 10.1 Å². The number of hydrogen-bond donors (Lipinski definition) is 1. The van der Waals surface area contributed by atoms with Crippen LogP contribution in [-0.4, -0.2) is 36.5 Å². The van der Waals surface area contributed by atoms with Gasteiger partial charge in [-0.15, -0.1) is 0 Å². The molecule has 0 spiro atoms. The molecule has 8 heteroatoms. The van der Waals surface area contributed by atoms with Crippen LogP contribution in [0, 0.1) is 0 Å². The van der Waals surface area contributed by atoms with Crippen LogP contribution >= 0.6 is 0 Å². The lowest BCUT2D eigenvalue weighted by Crippen LogP contribution is -2.40. The van der Waals surface area contributed by atoms with Gasteiger partial charge in [-0.2, -0.15) is 13.2 Å². The molecule has 122 valence electrons. The Bertz CT molecular complexity index is 369. The molecule has 0 aliphatic rings. The lowest BCUT2D eigenvalue weighted by Gasteiger charge is -2.16. The minimum atomic E-state index is -4.79. The molecule has 1 amide bonds. The summed E-state index contributed by atoms with van der Waals surface area (Å²) in [6.07, 6.45) is -4.23. The zero-order chi connectivity index (χ0) is 16.5. The van der Waals surface area contributed by atoms with Gasteiger partial charge in [-0.05, 0) is 19.8 Å². The highest BCUT2D eigenvalue weighted by molar-refractivity contribution is 5.84. The summed E-state index contributed by atoms with van der Waals surface area (Å²) in [5.41, 5.74) is 0. The molecular formula is C13H20F3NO4. The average Bonchev–Trinajstić information content (AvgIpc) is 2.35. The standard InChI is InChI=1S/C13H20F3NO4/c1-3-21-12(20)10(17-9(2)18)7-5-4-6-8-11(19)13(14,15)16/h10H,3-8H2,1-2H3,(H,17,18). The van der Waals surface area contributed by atoms with E-state index in [2.05, 4.69) is 5.32 Å². The van der Waals surface area contributed by atoms with Crippen LogP contribution in [-0.2, 0) is 19.1 Å². The van der Waals surface area contributed by atoms with Gasteiger partial charge in [0.15, 0.2) is 0 Å². The van der Waals surface area contributed by atoms with Gasteiger partial charge in [-0.3, -0.25) is 9.59 Å². The molecule has 0 aromatic carbocycles. The van der Waals surface area contributed by atoms with E-state index in [-0.39, 0.29) is 25.4 Å². The van der Waals surface area contributed by atoms with Crippen molar-refractivity contribution in [2.24, 2.45) is 0 Å². The number of amides is 1. The van der Waals surface area contributed by atoms with Crippen LogP contribution in [0.5, 0.6) is 0 Å². The third kappa shape index (κ3) is 9.04. The van der Waals surface area contributed by atoms with E-state index >= 15 is 0 Å². The Kier molecular flexibility index (Phi) is 8.64. The Balaban J connectivity index is 4.06. The summed E-state index contributed by atoms with van der Waals surface area (Å²) in [5.74, 6) is -2.70. The van der Waals surface area contributed by atoms with Crippen LogP contribution in [0.1, 0.15) is 46.0 Å². The molecule has 0 heterocycles. The van der Waals surface area contributed by atoms with E-state index in [4.69, 9.17) is 4.74 Å². The van der Waals surface area contributed by atoms with E-state index < -0.39 is 30.4 Å². The number of ketones is 1. The zero-order valence-electron chi connectivity index (χ0n) is 12.1. The zero-order valence-corrected chi connectivity index (χ0v) is 12.1. The van der Waals surface area contributed by atoms with Gasteiger partial charge in [-0.1, -0.05) is 12.8 Å². The van der Waals surface area contributed by atoms with E-state index in [0.29, 0.717) is 12.8 Å². The van der Waals surface area contributed by atoms with Crippen molar-refractivity contribution in [1.82, 2.24) is 5.32 Å². The minimum Gasteiger partial charge on any atom is -0.464 e. The SMILES string of the molecule is CCOC(=O)C(CCCCCC(=O)C(F)(F)F)NC(C)=O. The maximum Gasteiger partial charge on any atom is 0.449 e. The van der Waals surface area contributed by atoms with Crippen molar-refractivity contribution < 1.29 is 32.3 Å². The largest absolute Gasteiger partial charge is 0.464 e. The Labute approximate surface area is 121 Å². The fourth-order valence-corrected chi connectivity index (χ4v) is 1.69. The number of halogens is 3. The predicted octanol–water partition coefficient (Wildman–Crippen LogP) is 2.14. The second kappa shape index (κ2) is 9.36. The number of carbonyl (C=O) groups excluding carboxylic acids is 3. The summed E-state index contributed by atoms with van der Waals surface area (Å²) in [7, 11) is 0. The fourth-order valence-electron chi connectivity index (χ4n) is 1.69. The highest BCUT2D eigenvalue weighted by Gasteiger charge is 2.37. The predicted molar refractivity (Wildman–Crippen MR) is 68.4 cm³/mol. The average molecular weight is 311 g/mol. The maximum absolute atomic E-state index is 12.0. The lowest BCUT2D eigenvalue weighted by atomic mass is 10.1. The van der Waals surface area contributed by atoms with Gasteiger partial charge in [0, 0.05) is 13.3 Å². The van der Waals surface area contributed by atoms with Crippen LogP contribution < -0.4 is 5.32 Å². The van der Waals surface area contributed by atoms with Crippen molar-refractivity contribution in [1.29, 1.82) is 0 Å². The van der Waals surface area contributed by atoms with E-state index in [1.165, 1.54) is 6.92 Å². The van der Waals surface area contributed by atoms with Gasteiger partial charge in [-0.25, -0.2) is 4.79 Å². The monoisotopic (exact) mass is 311 g/mol. The Hall–Kier alpha value is -1.60. The van der Waals surface area contributed by atoms with Crippen molar-refractivity contribution >= 4 is 17.7 Å². The van der Waals surface area contributed by atoms with E-state index in [9.17, 15) is 27.6 Å². The van der Waals surface area contributed by atoms with Crippen molar-refractivity contribution in [2.45, 2.75) is 58.2 Å². The molecule has 0 rings (SSSR count). The Morgan fingerprint density at radius 1 is 1.14 bits per heavy atom. The molecule has 0 radical (unpaired) electrons. The molecule has 1 N–H and O–H groups in total. The summed E-state index contributed by atoms with van der Waals surface area (Å²) in [5, 5.41) is 2.43. The Morgan fingerprint density at radius 2 is 1.76 bits per heavy atom. The van der Waals surface area contributed by atoms with Crippen molar-refractivity contribution in [2.75, 3.05) is 6.61 Å². The first kappa shape index (κ1) is 19.4. The van der Waals surface area contributed by atoms with Crippen LogP contribution in [0.4, 0.5) is 13.2 Å². The van der Waals surface area contributed by atoms with Gasteiger partial charge in [0.25, 0.3) is 0 Å². The summed E-state index contributed by atoms with van der Waals surface area (Å²) in [6, 6.07) is -0.805. The van der Waals surface area contributed by atoms with Crippen LogP contribution in [0.15, 0.2) is 0 Å². The highest BCUT2D eigenvalue weighted by atomic mass is 19.4. The molecule has 0 bridgehead atoms. The minimum absolute atomic E-state index is 0.0912. The number of Topliss-reactive ketones (excluding diaryl/α,β-unsaturated/α-hetero) is 1. The second-order valence-electron chi connectivity index (χ2n) is 4.53. The number of unbranched alkanes of at least 4 members (excludes halogenated alkanes) is 2.